The van der Waals surface area contributed by atoms with Crippen LogP contribution in [-0.2, 0) is 14.4 Å². The van der Waals surface area contributed by atoms with Gasteiger partial charge in [-0.1, -0.05) is 13.8 Å². The van der Waals surface area contributed by atoms with Gasteiger partial charge in [-0.05, 0) is 13.8 Å². The molecule has 0 saturated heterocycles. The first-order valence-corrected chi connectivity index (χ1v) is 6.14. The number of nitrogens with one attached hydrogen (secondary N) is 2. The lowest BCUT2D eigenvalue weighted by Crippen LogP contribution is -2.52. The van der Waals surface area contributed by atoms with Gasteiger partial charge >= 0.3 is 0 Å². The molecule has 0 aromatic rings. The second-order valence-corrected chi connectivity index (χ2v) is 4.60. The fourth-order valence-corrected chi connectivity index (χ4v) is 1.21. The van der Waals surface area contributed by atoms with Crippen LogP contribution in [0.2, 0.25) is 0 Å². The number of hydrogen-bond acceptors (Lipinski definition) is 4. The molecule has 0 fully saturated rings. The van der Waals surface area contributed by atoms with E-state index < -0.39 is 18.0 Å². The highest BCUT2D eigenvalue weighted by Gasteiger charge is 2.22. The smallest absolute Gasteiger partial charge is 0.243 e. The molecule has 2 amide bonds. The number of amides is 2. The maximum Gasteiger partial charge on any atom is 0.243 e. The molecule has 0 aliphatic carbocycles. The van der Waals surface area contributed by atoms with Gasteiger partial charge in [0.05, 0.1) is 6.04 Å². The van der Waals surface area contributed by atoms with E-state index in [1.54, 1.807) is 20.8 Å². The number of Topliss-reactive ketones (excluding diaryl/α,β-unsaturated/α-hetero) is 1. The predicted octanol–water partition coefficient (Wildman–Crippen LogP) is 0.151. The molecule has 0 heterocycles. The summed E-state index contributed by atoms with van der Waals surface area (Å²) in [6.45, 7) is 6.47. The highest BCUT2D eigenvalue weighted by molar-refractivity contribution is 7.80. The first-order valence-electron chi connectivity index (χ1n) is 5.51. The standard InChI is InChI=1S/C11H20N2O3S/c1-6(2)10(15)13-9(5-17)11(16)12-7(3)8(4)14/h6-7,9,17H,5H2,1-4H3,(H,12,16)(H,13,15)/t7-,9-/m0/s1. The molecule has 0 spiro atoms. The molecular weight excluding hydrogens is 240 g/mol. The van der Waals surface area contributed by atoms with Crippen molar-refractivity contribution < 1.29 is 14.4 Å². The third kappa shape index (κ3) is 5.72. The summed E-state index contributed by atoms with van der Waals surface area (Å²) in [6.07, 6.45) is 0. The van der Waals surface area contributed by atoms with E-state index in [1.807, 2.05) is 0 Å². The maximum atomic E-state index is 11.7. The Morgan fingerprint density at radius 1 is 1.06 bits per heavy atom. The van der Waals surface area contributed by atoms with Crippen LogP contribution in [0.25, 0.3) is 0 Å². The average Bonchev–Trinajstić information content (AvgIpc) is 2.24. The fourth-order valence-electron chi connectivity index (χ4n) is 0.948. The van der Waals surface area contributed by atoms with Crippen LogP contribution in [0.1, 0.15) is 27.7 Å². The second kappa shape index (κ2) is 7.32. The lowest BCUT2D eigenvalue weighted by Gasteiger charge is -2.19. The molecule has 17 heavy (non-hydrogen) atoms. The monoisotopic (exact) mass is 260 g/mol. The van der Waals surface area contributed by atoms with Crippen LogP contribution >= 0.6 is 12.6 Å². The minimum atomic E-state index is -0.713. The summed E-state index contributed by atoms with van der Waals surface area (Å²) in [7, 11) is 0. The number of carbonyl (C=O) groups is 3. The van der Waals surface area contributed by atoms with Gasteiger partial charge in [0.2, 0.25) is 11.8 Å². The van der Waals surface area contributed by atoms with Crippen LogP contribution in [0, 0.1) is 5.92 Å². The molecule has 0 bridgehead atoms. The van der Waals surface area contributed by atoms with Gasteiger partial charge in [-0.3, -0.25) is 14.4 Å². The minimum Gasteiger partial charge on any atom is -0.345 e. The lowest BCUT2D eigenvalue weighted by molar-refractivity contribution is -0.131. The first-order chi connectivity index (χ1) is 7.79. The van der Waals surface area contributed by atoms with Crippen molar-refractivity contribution in [3.05, 3.63) is 0 Å². The number of carbonyl (C=O) groups excluding carboxylic acids is 3. The quantitative estimate of drug-likeness (QED) is 0.595. The zero-order valence-electron chi connectivity index (χ0n) is 10.6. The summed E-state index contributed by atoms with van der Waals surface area (Å²) in [5.74, 6) is -0.747. The molecule has 0 unspecified atom stereocenters. The van der Waals surface area contributed by atoms with Gasteiger partial charge in [0.25, 0.3) is 0 Å². The highest BCUT2D eigenvalue weighted by Crippen LogP contribution is 1.96. The summed E-state index contributed by atoms with van der Waals surface area (Å²) < 4.78 is 0. The topological polar surface area (TPSA) is 75.3 Å². The summed E-state index contributed by atoms with van der Waals surface area (Å²) in [5.41, 5.74) is 0. The van der Waals surface area contributed by atoms with Crippen molar-refractivity contribution in [1.82, 2.24) is 10.6 Å². The summed E-state index contributed by atoms with van der Waals surface area (Å²) in [5, 5.41) is 5.09. The van der Waals surface area contributed by atoms with E-state index in [2.05, 4.69) is 23.3 Å². The molecule has 0 rings (SSSR count). The van der Waals surface area contributed by atoms with Crippen LogP contribution < -0.4 is 10.6 Å². The van der Waals surface area contributed by atoms with Crippen LogP contribution in [0.3, 0.4) is 0 Å². The Balaban J connectivity index is 4.41. The van der Waals surface area contributed by atoms with Crippen molar-refractivity contribution in [3.63, 3.8) is 0 Å². The molecule has 0 aliphatic heterocycles. The maximum absolute atomic E-state index is 11.7. The number of rotatable bonds is 6. The van der Waals surface area contributed by atoms with Crippen molar-refractivity contribution >= 4 is 30.2 Å². The lowest BCUT2D eigenvalue weighted by atomic mass is 10.1. The van der Waals surface area contributed by atoms with E-state index in [4.69, 9.17) is 0 Å². The molecule has 98 valence electrons. The van der Waals surface area contributed by atoms with Gasteiger partial charge in [0.15, 0.2) is 5.78 Å². The van der Waals surface area contributed by atoms with Crippen LogP contribution in [0.4, 0.5) is 0 Å². The molecular formula is C11H20N2O3S. The van der Waals surface area contributed by atoms with Gasteiger partial charge < -0.3 is 10.6 Å². The van der Waals surface area contributed by atoms with Crippen molar-refractivity contribution in [2.24, 2.45) is 5.92 Å². The summed E-state index contributed by atoms with van der Waals surface area (Å²) in [6, 6.07) is -1.27. The molecule has 0 radical (unpaired) electrons. The van der Waals surface area contributed by atoms with Crippen molar-refractivity contribution in [1.29, 1.82) is 0 Å². The van der Waals surface area contributed by atoms with Gasteiger partial charge in [0, 0.05) is 11.7 Å². The van der Waals surface area contributed by atoms with Crippen LogP contribution in [0.15, 0.2) is 0 Å². The molecule has 2 N–H and O–H groups in total. The summed E-state index contributed by atoms with van der Waals surface area (Å²) in [4.78, 5) is 34.2. The predicted molar refractivity (Wildman–Crippen MR) is 68.9 cm³/mol. The molecule has 2 atom stereocenters. The molecule has 0 aromatic heterocycles. The Morgan fingerprint density at radius 3 is 1.94 bits per heavy atom. The van der Waals surface area contributed by atoms with Gasteiger partial charge in [-0.15, -0.1) is 0 Å². The Bertz CT molecular complexity index is 305. The van der Waals surface area contributed by atoms with E-state index in [0.29, 0.717) is 0 Å². The Hall–Kier alpha value is -1.04. The SMILES string of the molecule is CC(=O)[C@H](C)NC(=O)[C@H](CS)NC(=O)C(C)C. The Morgan fingerprint density at radius 2 is 1.59 bits per heavy atom. The van der Waals surface area contributed by atoms with Gasteiger partial charge in [-0.2, -0.15) is 12.6 Å². The normalized spacial score (nSPS) is 14.0. The Labute approximate surface area is 107 Å². The molecule has 6 heteroatoms. The molecule has 0 saturated carbocycles. The van der Waals surface area contributed by atoms with Crippen molar-refractivity contribution in [3.8, 4) is 0 Å². The number of hydrogen-bond donors (Lipinski definition) is 3. The third-order valence-corrected chi connectivity index (χ3v) is 2.67. The fraction of sp³-hybridized carbons (Fsp3) is 0.727. The largest absolute Gasteiger partial charge is 0.345 e. The number of ketones is 1. The van der Waals surface area contributed by atoms with E-state index in [0.717, 1.165) is 0 Å². The van der Waals surface area contributed by atoms with E-state index in [-0.39, 0.29) is 23.4 Å². The first kappa shape index (κ1) is 16.0. The van der Waals surface area contributed by atoms with Crippen LogP contribution in [0.5, 0.6) is 0 Å². The van der Waals surface area contributed by atoms with Crippen molar-refractivity contribution in [2.75, 3.05) is 5.75 Å². The van der Waals surface area contributed by atoms with Gasteiger partial charge in [-0.25, -0.2) is 0 Å². The Kier molecular flexibility index (Phi) is 6.87. The zero-order chi connectivity index (χ0) is 13.6. The van der Waals surface area contributed by atoms with Gasteiger partial charge in [0.1, 0.15) is 6.04 Å². The average molecular weight is 260 g/mol. The molecule has 5 nitrogen and oxygen atoms in total. The third-order valence-electron chi connectivity index (χ3n) is 2.31. The van der Waals surface area contributed by atoms with E-state index in [9.17, 15) is 14.4 Å². The summed E-state index contributed by atoms with van der Waals surface area (Å²) >= 11 is 4.01. The second-order valence-electron chi connectivity index (χ2n) is 4.24. The van der Waals surface area contributed by atoms with Crippen LogP contribution in [-0.4, -0.2) is 35.4 Å². The molecule has 0 aliphatic rings. The minimum absolute atomic E-state index is 0.133. The van der Waals surface area contributed by atoms with E-state index in [1.165, 1.54) is 6.92 Å². The zero-order valence-corrected chi connectivity index (χ0v) is 11.5. The molecule has 0 aromatic carbocycles. The van der Waals surface area contributed by atoms with Crippen molar-refractivity contribution in [2.45, 2.75) is 39.8 Å². The highest BCUT2D eigenvalue weighted by atomic mass is 32.1. The number of thiol groups is 1. The van der Waals surface area contributed by atoms with E-state index >= 15 is 0 Å².